The third-order valence-electron chi connectivity index (χ3n) is 3.51. The first kappa shape index (κ1) is 19.8. The summed E-state index contributed by atoms with van der Waals surface area (Å²) in [7, 11) is 2.95. The minimum Gasteiger partial charge on any atom is -0.497 e. The fraction of sp³-hybridized carbons (Fsp3) is 0.111. The number of nitro benzene ring substituents is 1. The SMILES string of the molecule is COc1ccc(OC)c(C=C(C#N)C(=O)Nc2ccc([N+](=O)[O-])cc2Cl)c1. The summed E-state index contributed by atoms with van der Waals surface area (Å²) < 4.78 is 10.3. The number of ether oxygens (including phenoxy) is 2. The number of nitrogens with zero attached hydrogens (tertiary/aromatic N) is 2. The second kappa shape index (κ2) is 8.69. The van der Waals surface area contributed by atoms with Crippen molar-refractivity contribution >= 4 is 35.0 Å². The summed E-state index contributed by atoms with van der Waals surface area (Å²) in [6.07, 6.45) is 1.34. The second-order valence-corrected chi connectivity index (χ2v) is 5.56. The highest BCUT2D eigenvalue weighted by atomic mass is 35.5. The lowest BCUT2D eigenvalue weighted by Gasteiger charge is -2.09. The largest absolute Gasteiger partial charge is 0.497 e. The Balaban J connectivity index is 2.33. The summed E-state index contributed by atoms with van der Waals surface area (Å²) in [5.41, 5.74) is 0.190. The molecule has 27 heavy (non-hydrogen) atoms. The maximum atomic E-state index is 12.4. The van der Waals surface area contributed by atoms with Gasteiger partial charge in [-0.1, -0.05) is 11.6 Å². The van der Waals surface area contributed by atoms with Crippen molar-refractivity contribution in [1.29, 1.82) is 5.26 Å². The number of halogens is 1. The molecule has 0 aliphatic rings. The predicted octanol–water partition coefficient (Wildman–Crippen LogP) is 3.81. The number of methoxy groups -OCH3 is 2. The van der Waals surface area contributed by atoms with E-state index in [4.69, 9.17) is 21.1 Å². The molecule has 1 amide bonds. The van der Waals surface area contributed by atoms with Crippen molar-refractivity contribution in [1.82, 2.24) is 0 Å². The lowest BCUT2D eigenvalue weighted by Crippen LogP contribution is -2.14. The van der Waals surface area contributed by atoms with Gasteiger partial charge in [0.05, 0.1) is 29.9 Å². The van der Waals surface area contributed by atoms with Gasteiger partial charge in [0.25, 0.3) is 11.6 Å². The molecule has 0 aromatic heterocycles. The molecule has 0 saturated carbocycles. The van der Waals surface area contributed by atoms with Crippen LogP contribution in [0, 0.1) is 21.4 Å². The highest BCUT2D eigenvalue weighted by Crippen LogP contribution is 2.28. The number of hydrogen-bond acceptors (Lipinski definition) is 6. The topological polar surface area (TPSA) is 114 Å². The zero-order valence-corrected chi connectivity index (χ0v) is 15.1. The number of benzene rings is 2. The van der Waals surface area contributed by atoms with Gasteiger partial charge >= 0.3 is 0 Å². The number of non-ortho nitro benzene ring substituents is 1. The van der Waals surface area contributed by atoms with Gasteiger partial charge in [-0.15, -0.1) is 0 Å². The number of nitriles is 1. The second-order valence-electron chi connectivity index (χ2n) is 5.15. The van der Waals surface area contributed by atoms with Crippen LogP contribution in [0.3, 0.4) is 0 Å². The molecular weight excluding hydrogens is 374 g/mol. The third-order valence-corrected chi connectivity index (χ3v) is 3.83. The highest BCUT2D eigenvalue weighted by molar-refractivity contribution is 6.34. The van der Waals surface area contributed by atoms with Crippen molar-refractivity contribution in [3.63, 3.8) is 0 Å². The Morgan fingerprint density at radius 2 is 2.00 bits per heavy atom. The Morgan fingerprint density at radius 1 is 1.26 bits per heavy atom. The Labute approximate surface area is 159 Å². The zero-order valence-electron chi connectivity index (χ0n) is 14.4. The van der Waals surface area contributed by atoms with E-state index in [0.717, 1.165) is 6.07 Å². The van der Waals surface area contributed by atoms with Crippen LogP contribution in [0.25, 0.3) is 6.08 Å². The summed E-state index contributed by atoms with van der Waals surface area (Å²) in [6.45, 7) is 0. The van der Waals surface area contributed by atoms with Crippen LogP contribution < -0.4 is 14.8 Å². The molecule has 0 atom stereocenters. The van der Waals surface area contributed by atoms with Crippen LogP contribution in [-0.2, 0) is 4.79 Å². The molecule has 2 aromatic rings. The van der Waals surface area contributed by atoms with Gasteiger partial charge in [-0.3, -0.25) is 14.9 Å². The molecule has 0 saturated heterocycles. The molecule has 0 spiro atoms. The Morgan fingerprint density at radius 3 is 2.56 bits per heavy atom. The van der Waals surface area contributed by atoms with Crippen molar-refractivity contribution in [3.05, 3.63) is 62.7 Å². The number of carbonyl (C=O) groups excluding carboxylic acids is 1. The van der Waals surface area contributed by atoms with E-state index in [2.05, 4.69) is 5.32 Å². The first-order chi connectivity index (χ1) is 12.9. The minimum atomic E-state index is -0.724. The fourth-order valence-corrected chi connectivity index (χ4v) is 2.39. The van der Waals surface area contributed by atoms with Gasteiger partial charge in [0.2, 0.25) is 0 Å². The molecule has 0 aliphatic heterocycles. The molecule has 8 nitrogen and oxygen atoms in total. The number of amides is 1. The van der Waals surface area contributed by atoms with Crippen molar-refractivity contribution < 1.29 is 19.2 Å². The van der Waals surface area contributed by atoms with Crippen LogP contribution in [0.1, 0.15) is 5.56 Å². The molecule has 0 bridgehead atoms. The first-order valence-electron chi connectivity index (χ1n) is 7.48. The van der Waals surface area contributed by atoms with E-state index >= 15 is 0 Å². The summed E-state index contributed by atoms with van der Waals surface area (Å²) >= 11 is 5.95. The zero-order chi connectivity index (χ0) is 20.0. The molecule has 2 rings (SSSR count). The first-order valence-corrected chi connectivity index (χ1v) is 7.86. The number of nitrogens with one attached hydrogen (secondary N) is 1. The van der Waals surface area contributed by atoms with Crippen LogP contribution in [-0.4, -0.2) is 25.1 Å². The van der Waals surface area contributed by atoms with Crippen molar-refractivity contribution in [2.24, 2.45) is 0 Å². The Bertz CT molecular complexity index is 966. The molecule has 0 aliphatic carbocycles. The standard InChI is InChI=1S/C18H14ClN3O5/c1-26-14-4-6-17(27-2)11(8-14)7-12(10-20)18(23)21-16-5-3-13(22(24)25)9-15(16)19/h3-9H,1-2H3,(H,21,23). The van der Waals surface area contributed by atoms with E-state index in [1.165, 1.54) is 32.4 Å². The normalized spacial score (nSPS) is 10.7. The smallest absolute Gasteiger partial charge is 0.271 e. The molecule has 1 N–H and O–H groups in total. The molecule has 0 heterocycles. The van der Waals surface area contributed by atoms with Crippen LogP contribution in [0.4, 0.5) is 11.4 Å². The van der Waals surface area contributed by atoms with Gasteiger partial charge < -0.3 is 14.8 Å². The average molecular weight is 388 g/mol. The van der Waals surface area contributed by atoms with Crippen molar-refractivity contribution in [2.45, 2.75) is 0 Å². The highest BCUT2D eigenvalue weighted by Gasteiger charge is 2.15. The monoisotopic (exact) mass is 387 g/mol. The Kier molecular flexibility index (Phi) is 6.36. The minimum absolute atomic E-state index is 0.0196. The number of rotatable bonds is 6. The lowest BCUT2D eigenvalue weighted by molar-refractivity contribution is -0.384. The van der Waals surface area contributed by atoms with Gasteiger partial charge in [0.15, 0.2) is 0 Å². The molecule has 0 radical (unpaired) electrons. The van der Waals surface area contributed by atoms with Gasteiger partial charge in [-0.2, -0.15) is 5.26 Å². The summed E-state index contributed by atoms with van der Waals surface area (Å²) in [5, 5.41) is 22.5. The molecule has 0 unspecified atom stereocenters. The maximum absolute atomic E-state index is 12.4. The number of anilines is 1. The number of carbonyl (C=O) groups is 1. The van der Waals surface area contributed by atoms with E-state index in [9.17, 15) is 20.2 Å². The van der Waals surface area contributed by atoms with Crippen molar-refractivity contribution in [2.75, 3.05) is 19.5 Å². The van der Waals surface area contributed by atoms with E-state index in [1.807, 2.05) is 6.07 Å². The number of nitro groups is 1. The summed E-state index contributed by atoms with van der Waals surface area (Å²) in [6, 6.07) is 10.3. The van der Waals surface area contributed by atoms with Crippen LogP contribution in [0.2, 0.25) is 5.02 Å². The van der Waals surface area contributed by atoms with E-state index in [-0.39, 0.29) is 22.0 Å². The van der Waals surface area contributed by atoms with Gasteiger partial charge in [-0.25, -0.2) is 0 Å². The van der Waals surface area contributed by atoms with Gasteiger partial charge in [-0.05, 0) is 30.3 Å². The van der Waals surface area contributed by atoms with Crippen LogP contribution in [0.5, 0.6) is 11.5 Å². The lowest BCUT2D eigenvalue weighted by atomic mass is 10.1. The molecule has 138 valence electrons. The molecule has 2 aromatic carbocycles. The molecular formula is C18H14ClN3O5. The average Bonchev–Trinajstić information content (AvgIpc) is 2.67. The third kappa shape index (κ3) is 4.74. The maximum Gasteiger partial charge on any atom is 0.271 e. The Hall–Kier alpha value is -3.57. The van der Waals surface area contributed by atoms with Gasteiger partial charge in [0.1, 0.15) is 23.1 Å². The summed E-state index contributed by atoms with van der Waals surface area (Å²) in [5.74, 6) is 0.251. The predicted molar refractivity (Wildman–Crippen MR) is 99.9 cm³/mol. The van der Waals surface area contributed by atoms with E-state index in [0.29, 0.717) is 17.1 Å². The molecule has 9 heteroatoms. The number of hydrogen-bond donors (Lipinski definition) is 1. The van der Waals surface area contributed by atoms with E-state index < -0.39 is 10.8 Å². The summed E-state index contributed by atoms with van der Waals surface area (Å²) in [4.78, 5) is 22.5. The quantitative estimate of drug-likeness (QED) is 0.349. The van der Waals surface area contributed by atoms with Crippen molar-refractivity contribution in [3.8, 4) is 17.6 Å². The van der Waals surface area contributed by atoms with Gasteiger partial charge in [0, 0.05) is 17.7 Å². The fourth-order valence-electron chi connectivity index (χ4n) is 2.16. The van der Waals surface area contributed by atoms with Crippen LogP contribution in [0.15, 0.2) is 42.0 Å². The molecule has 0 fully saturated rings. The van der Waals surface area contributed by atoms with E-state index in [1.54, 1.807) is 18.2 Å². The van der Waals surface area contributed by atoms with Crippen LogP contribution >= 0.6 is 11.6 Å².